The molecule has 3 heterocycles. The molecule has 3 rings (SSSR count). The van der Waals surface area contributed by atoms with Gasteiger partial charge in [0.15, 0.2) is 0 Å². The fourth-order valence-electron chi connectivity index (χ4n) is 2.79. The Hall–Kier alpha value is -2.72. The van der Waals surface area contributed by atoms with Crippen molar-refractivity contribution in [3.8, 4) is 0 Å². The van der Waals surface area contributed by atoms with Crippen molar-refractivity contribution in [3.05, 3.63) is 39.9 Å². The maximum atomic E-state index is 12.9. The van der Waals surface area contributed by atoms with Crippen molar-refractivity contribution in [2.75, 3.05) is 12.0 Å². The highest BCUT2D eigenvalue weighted by Gasteiger charge is 2.43. The van der Waals surface area contributed by atoms with Gasteiger partial charge in [-0.15, -0.1) is 11.3 Å². The maximum absolute atomic E-state index is 12.9. The summed E-state index contributed by atoms with van der Waals surface area (Å²) in [4.78, 5) is 54.7. The van der Waals surface area contributed by atoms with Crippen LogP contribution in [0.3, 0.4) is 0 Å². The molecule has 0 aliphatic carbocycles. The van der Waals surface area contributed by atoms with Crippen molar-refractivity contribution in [2.45, 2.75) is 30.5 Å². The van der Waals surface area contributed by atoms with Crippen molar-refractivity contribution < 1.29 is 29.0 Å². The number of amides is 2. The molecular weight excluding hydrogens is 404 g/mol. The molecule has 28 heavy (non-hydrogen) atoms. The molecule has 0 radical (unpaired) electrons. The van der Waals surface area contributed by atoms with Crippen LogP contribution in [0.2, 0.25) is 0 Å². The zero-order valence-corrected chi connectivity index (χ0v) is 16.8. The number of pyridine rings is 1. The number of thiophene rings is 1. The van der Waals surface area contributed by atoms with Crippen LogP contribution in [-0.4, -0.2) is 41.1 Å². The normalized spacial score (nSPS) is 16.5. The van der Waals surface area contributed by atoms with Gasteiger partial charge in [-0.25, -0.2) is 14.7 Å². The lowest BCUT2D eigenvalue weighted by Gasteiger charge is -2.15. The number of aromatic nitrogens is 1. The van der Waals surface area contributed by atoms with Crippen molar-refractivity contribution in [1.82, 2.24) is 4.98 Å². The van der Waals surface area contributed by atoms with E-state index in [1.807, 2.05) is 0 Å². The average molecular weight is 419 g/mol. The number of thioether (sulfide) groups is 1. The Bertz CT molecular complexity index is 1000. The second-order valence-corrected chi connectivity index (χ2v) is 8.37. The number of nitrogens with zero attached hydrogens (tertiary/aromatic N) is 2. The Kier molecular flexibility index (Phi) is 5.52. The number of carboxylic acid groups (broad SMARTS) is 1. The second-order valence-electron chi connectivity index (χ2n) is 5.98. The molecule has 0 bridgehead atoms. The van der Waals surface area contributed by atoms with E-state index < -0.39 is 29.0 Å². The molecule has 1 saturated heterocycles. The summed E-state index contributed by atoms with van der Waals surface area (Å²) in [5.41, 5.74) is 0.683. The monoisotopic (exact) mass is 419 g/mol. The van der Waals surface area contributed by atoms with E-state index in [4.69, 9.17) is 4.74 Å². The highest BCUT2D eigenvalue weighted by molar-refractivity contribution is 8.00. The fraction of sp³-hybridized carbons (Fsp3) is 0.278. The molecule has 2 amide bonds. The minimum Gasteiger partial charge on any atom is -0.545 e. The minimum absolute atomic E-state index is 0.0993. The molecule has 0 aromatic carbocycles. The molecule has 1 fully saturated rings. The summed E-state index contributed by atoms with van der Waals surface area (Å²) >= 11 is 2.05. The largest absolute Gasteiger partial charge is 0.545 e. The van der Waals surface area contributed by atoms with Gasteiger partial charge >= 0.3 is 5.97 Å². The summed E-state index contributed by atoms with van der Waals surface area (Å²) in [6.07, 6.45) is 1.26. The number of carbonyl (C=O) groups excluding carboxylic acids is 4. The Labute approximate surface area is 168 Å². The van der Waals surface area contributed by atoms with Crippen LogP contribution in [0.5, 0.6) is 0 Å². The number of methoxy groups -OCH3 is 1. The molecule has 0 spiro atoms. The van der Waals surface area contributed by atoms with E-state index in [2.05, 4.69) is 4.98 Å². The van der Waals surface area contributed by atoms with Gasteiger partial charge in [-0.05, 0) is 31.5 Å². The van der Waals surface area contributed by atoms with Crippen LogP contribution in [-0.2, 0) is 14.3 Å². The summed E-state index contributed by atoms with van der Waals surface area (Å²) < 4.78 is 4.80. The van der Waals surface area contributed by atoms with E-state index in [1.54, 1.807) is 13.8 Å². The molecule has 0 N–H and O–H groups in total. The Balaban J connectivity index is 1.95. The van der Waals surface area contributed by atoms with E-state index in [0.29, 0.717) is 5.56 Å². The summed E-state index contributed by atoms with van der Waals surface area (Å²) in [5.74, 6) is -3.05. The molecule has 8 nitrogen and oxygen atoms in total. The lowest BCUT2D eigenvalue weighted by molar-refractivity contribution is -0.255. The van der Waals surface area contributed by atoms with Crippen LogP contribution in [0.1, 0.15) is 37.6 Å². The molecule has 1 atom stereocenters. The highest BCUT2D eigenvalue weighted by Crippen LogP contribution is 2.41. The highest BCUT2D eigenvalue weighted by atomic mass is 32.2. The molecule has 1 aliphatic rings. The number of hydrogen-bond donors (Lipinski definition) is 0. The summed E-state index contributed by atoms with van der Waals surface area (Å²) in [5, 5.41) is 10.7. The number of carbonyl (C=O) groups is 4. The number of aromatic carboxylic acids is 1. The SMILES string of the molecule is COC(=O)c1c(N2C(=O)C[C@@H](Sc3ncccc3C(=O)[O-])C2=O)sc(C)c1C. The van der Waals surface area contributed by atoms with Crippen molar-refractivity contribution in [1.29, 1.82) is 0 Å². The van der Waals surface area contributed by atoms with E-state index >= 15 is 0 Å². The van der Waals surface area contributed by atoms with Gasteiger partial charge in [0.2, 0.25) is 11.8 Å². The van der Waals surface area contributed by atoms with Crippen molar-refractivity contribution >= 4 is 51.9 Å². The topological polar surface area (TPSA) is 117 Å². The maximum Gasteiger partial charge on any atom is 0.341 e. The van der Waals surface area contributed by atoms with Gasteiger partial charge in [-0.1, -0.05) is 11.8 Å². The second kappa shape index (κ2) is 7.72. The summed E-state index contributed by atoms with van der Waals surface area (Å²) in [6, 6.07) is 2.77. The van der Waals surface area contributed by atoms with Crippen molar-refractivity contribution in [2.24, 2.45) is 0 Å². The first-order valence-electron chi connectivity index (χ1n) is 8.14. The number of imide groups is 1. The number of aryl methyl sites for hydroxylation is 1. The van der Waals surface area contributed by atoms with Crippen LogP contribution < -0.4 is 10.0 Å². The lowest BCUT2D eigenvalue weighted by Crippen LogP contribution is -2.32. The molecular formula is C18H15N2O6S2-. The molecule has 2 aromatic rings. The van der Waals surface area contributed by atoms with Crippen LogP contribution >= 0.6 is 23.1 Å². The first-order chi connectivity index (χ1) is 13.3. The summed E-state index contributed by atoms with van der Waals surface area (Å²) in [7, 11) is 1.23. The molecule has 2 aromatic heterocycles. The van der Waals surface area contributed by atoms with E-state index in [-0.39, 0.29) is 27.6 Å². The van der Waals surface area contributed by atoms with Crippen LogP contribution in [0.15, 0.2) is 23.4 Å². The first kappa shape index (κ1) is 20.0. The Morgan fingerprint density at radius 2 is 2.07 bits per heavy atom. The predicted octanol–water partition coefficient (Wildman–Crippen LogP) is 1.33. The van der Waals surface area contributed by atoms with Crippen LogP contribution in [0.25, 0.3) is 0 Å². The van der Waals surface area contributed by atoms with Gasteiger partial charge in [0.1, 0.15) is 10.0 Å². The van der Waals surface area contributed by atoms with Gasteiger partial charge in [-0.3, -0.25) is 9.59 Å². The third-order valence-corrected chi connectivity index (χ3v) is 6.70. The Morgan fingerprint density at radius 3 is 2.71 bits per heavy atom. The first-order valence-corrected chi connectivity index (χ1v) is 9.84. The number of esters is 1. The van der Waals surface area contributed by atoms with Gasteiger partial charge in [0.25, 0.3) is 0 Å². The molecule has 1 aliphatic heterocycles. The van der Waals surface area contributed by atoms with Gasteiger partial charge in [0.05, 0.1) is 23.9 Å². The van der Waals surface area contributed by atoms with Crippen LogP contribution in [0.4, 0.5) is 5.00 Å². The molecule has 10 heteroatoms. The zero-order chi connectivity index (χ0) is 20.6. The number of hydrogen-bond acceptors (Lipinski definition) is 9. The van der Waals surface area contributed by atoms with E-state index in [1.165, 1.54) is 25.4 Å². The smallest absolute Gasteiger partial charge is 0.341 e. The van der Waals surface area contributed by atoms with E-state index in [0.717, 1.165) is 32.9 Å². The van der Waals surface area contributed by atoms with Gasteiger partial charge in [-0.2, -0.15) is 0 Å². The zero-order valence-electron chi connectivity index (χ0n) is 15.2. The number of carboxylic acids is 1. The third kappa shape index (κ3) is 3.40. The molecule has 0 unspecified atom stereocenters. The fourth-order valence-corrected chi connectivity index (χ4v) is 5.06. The van der Waals surface area contributed by atoms with Crippen LogP contribution in [0, 0.1) is 13.8 Å². The number of ether oxygens (including phenoxy) is 1. The van der Waals surface area contributed by atoms with Gasteiger partial charge < -0.3 is 14.6 Å². The number of rotatable bonds is 5. The van der Waals surface area contributed by atoms with Gasteiger partial charge in [0, 0.05) is 23.1 Å². The molecule has 146 valence electrons. The average Bonchev–Trinajstić information content (AvgIpc) is 3.10. The Morgan fingerprint density at radius 1 is 1.36 bits per heavy atom. The van der Waals surface area contributed by atoms with E-state index in [9.17, 15) is 24.3 Å². The molecule has 0 saturated carbocycles. The standard InChI is InChI=1S/C18H16N2O6S2/c1-8-9(2)27-16(13(8)18(25)26-3)20-12(21)7-11(15(20)22)28-14-10(17(23)24)5-4-6-19-14/h4-6,11H,7H2,1-3H3,(H,23,24)/p-1/t11-/m1/s1. The number of anilines is 1. The third-order valence-electron chi connectivity index (χ3n) is 4.31. The van der Waals surface area contributed by atoms with Crippen molar-refractivity contribution in [3.63, 3.8) is 0 Å². The summed E-state index contributed by atoms with van der Waals surface area (Å²) in [6.45, 7) is 3.51. The predicted molar refractivity (Wildman–Crippen MR) is 100 cm³/mol. The quantitative estimate of drug-likeness (QED) is 0.526. The lowest BCUT2D eigenvalue weighted by atomic mass is 10.1. The minimum atomic E-state index is -1.42.